The number of thiophene rings is 1. The molecule has 1 fully saturated rings. The minimum Gasteiger partial charge on any atom is -0.371 e. The zero-order chi connectivity index (χ0) is 15.6. The summed E-state index contributed by atoms with van der Waals surface area (Å²) in [5, 5.41) is 0. The first kappa shape index (κ1) is 15.7. The van der Waals surface area contributed by atoms with Crippen LogP contribution in [0.5, 0.6) is 0 Å². The third-order valence-electron chi connectivity index (χ3n) is 3.78. The van der Waals surface area contributed by atoms with Crippen LogP contribution in [0.3, 0.4) is 0 Å². The molecule has 1 aliphatic rings. The largest absolute Gasteiger partial charge is 0.371 e. The summed E-state index contributed by atoms with van der Waals surface area (Å²) in [5.41, 5.74) is 1.02. The Bertz CT molecular complexity index is 725. The van der Waals surface area contributed by atoms with E-state index in [9.17, 15) is 8.42 Å². The maximum atomic E-state index is 12.8. The summed E-state index contributed by atoms with van der Waals surface area (Å²) in [6.07, 6.45) is 0.658. The lowest BCUT2D eigenvalue weighted by atomic mass is 10.1. The van der Waals surface area contributed by atoms with Crippen LogP contribution in [0.2, 0.25) is 0 Å². The van der Waals surface area contributed by atoms with Crippen molar-refractivity contribution in [1.82, 2.24) is 4.31 Å². The first-order valence-corrected chi connectivity index (χ1v) is 9.62. The van der Waals surface area contributed by atoms with Gasteiger partial charge in [-0.25, -0.2) is 8.42 Å². The van der Waals surface area contributed by atoms with E-state index in [1.165, 1.54) is 11.3 Å². The Hall–Kier alpha value is -1.21. The highest BCUT2D eigenvalue weighted by atomic mass is 32.2. The van der Waals surface area contributed by atoms with Crippen LogP contribution >= 0.6 is 11.3 Å². The normalized spacial score (nSPS) is 20.1. The van der Waals surface area contributed by atoms with E-state index in [-0.39, 0.29) is 6.10 Å². The van der Waals surface area contributed by atoms with Crippen LogP contribution in [0, 0.1) is 0 Å². The molecule has 1 aliphatic heterocycles. The zero-order valence-electron chi connectivity index (χ0n) is 12.4. The maximum absolute atomic E-state index is 12.8. The molecule has 0 aliphatic carbocycles. The lowest BCUT2D eigenvalue weighted by molar-refractivity contribution is -0.00249. The summed E-state index contributed by atoms with van der Waals surface area (Å²) in [4.78, 5) is 1.09. The highest BCUT2D eigenvalue weighted by Gasteiger charge is 2.32. The third-order valence-corrected chi connectivity index (χ3v) is 7.34. The summed E-state index contributed by atoms with van der Waals surface area (Å²) in [5.74, 6) is 0. The summed E-state index contributed by atoms with van der Waals surface area (Å²) in [6, 6.07) is 13.4. The number of ether oxygens (including phenoxy) is 1. The Morgan fingerprint density at radius 1 is 1.23 bits per heavy atom. The number of nitrogens with zero attached hydrogens (tertiary/aromatic N) is 1. The van der Waals surface area contributed by atoms with Crippen LogP contribution < -0.4 is 0 Å². The highest BCUT2D eigenvalue weighted by molar-refractivity contribution is 7.91. The minimum absolute atomic E-state index is 0.199. The molecular formula is C16H19NO3S2. The number of hydrogen-bond donors (Lipinski definition) is 0. The Labute approximate surface area is 135 Å². The van der Waals surface area contributed by atoms with Gasteiger partial charge in [-0.15, -0.1) is 11.3 Å². The van der Waals surface area contributed by atoms with Gasteiger partial charge < -0.3 is 4.74 Å². The highest BCUT2D eigenvalue weighted by Crippen LogP contribution is 2.29. The molecule has 2 heterocycles. The molecule has 4 nitrogen and oxygen atoms in total. The quantitative estimate of drug-likeness (QED) is 0.861. The molecule has 0 saturated carbocycles. The molecule has 0 bridgehead atoms. The molecule has 0 N–H and O–H groups in total. The van der Waals surface area contributed by atoms with E-state index < -0.39 is 10.0 Å². The van der Waals surface area contributed by atoms with Crippen LogP contribution in [0.15, 0.2) is 46.7 Å². The van der Waals surface area contributed by atoms with Crippen molar-refractivity contribution >= 4 is 21.4 Å². The molecule has 0 spiro atoms. The fraction of sp³-hybridized carbons (Fsp3) is 0.375. The second-order valence-corrected chi connectivity index (χ2v) is 8.54. The predicted molar refractivity (Wildman–Crippen MR) is 87.6 cm³/mol. The smallest absolute Gasteiger partial charge is 0.252 e. The van der Waals surface area contributed by atoms with Gasteiger partial charge in [-0.2, -0.15) is 4.31 Å². The van der Waals surface area contributed by atoms with E-state index in [2.05, 4.69) is 0 Å². The van der Waals surface area contributed by atoms with E-state index in [4.69, 9.17) is 4.74 Å². The summed E-state index contributed by atoms with van der Waals surface area (Å²) < 4.78 is 33.3. The summed E-state index contributed by atoms with van der Waals surface area (Å²) in [6.45, 7) is 3.23. The Balaban J connectivity index is 1.82. The van der Waals surface area contributed by atoms with Gasteiger partial charge in [-0.3, -0.25) is 0 Å². The van der Waals surface area contributed by atoms with Crippen molar-refractivity contribution in [3.8, 4) is 0 Å². The Morgan fingerprint density at radius 2 is 2.00 bits per heavy atom. The van der Waals surface area contributed by atoms with Crippen molar-refractivity contribution in [2.45, 2.75) is 23.7 Å². The van der Waals surface area contributed by atoms with Gasteiger partial charge in [0, 0.05) is 18.0 Å². The van der Waals surface area contributed by atoms with E-state index in [1.54, 1.807) is 10.4 Å². The van der Waals surface area contributed by atoms with Crippen LogP contribution in [0.4, 0.5) is 0 Å². The number of morpholine rings is 1. The SMILES string of the molecule is CCc1ccc(S(=O)(=O)N2CCO[C@H](c3ccccc3)C2)s1. The monoisotopic (exact) mass is 337 g/mol. The van der Waals surface area contributed by atoms with Gasteiger partial charge in [-0.1, -0.05) is 37.3 Å². The number of rotatable bonds is 4. The van der Waals surface area contributed by atoms with Crippen molar-refractivity contribution in [1.29, 1.82) is 0 Å². The maximum Gasteiger partial charge on any atom is 0.252 e. The van der Waals surface area contributed by atoms with E-state index >= 15 is 0 Å². The van der Waals surface area contributed by atoms with Gasteiger partial charge in [-0.05, 0) is 24.1 Å². The molecule has 1 saturated heterocycles. The third kappa shape index (κ3) is 3.10. The van der Waals surface area contributed by atoms with Crippen LogP contribution in [-0.2, 0) is 21.2 Å². The van der Waals surface area contributed by atoms with Crippen molar-refractivity contribution in [2.24, 2.45) is 0 Å². The molecule has 0 amide bonds. The zero-order valence-corrected chi connectivity index (χ0v) is 14.1. The first-order valence-electron chi connectivity index (χ1n) is 7.36. The van der Waals surface area contributed by atoms with Crippen molar-refractivity contribution in [3.05, 3.63) is 52.9 Å². The van der Waals surface area contributed by atoms with Crippen LogP contribution in [0.25, 0.3) is 0 Å². The van der Waals surface area contributed by atoms with Crippen LogP contribution in [0.1, 0.15) is 23.5 Å². The molecule has 1 atom stereocenters. The lowest BCUT2D eigenvalue weighted by Crippen LogP contribution is -2.41. The van der Waals surface area contributed by atoms with E-state index in [0.717, 1.165) is 16.9 Å². The molecule has 2 aromatic rings. The van der Waals surface area contributed by atoms with E-state index in [1.807, 2.05) is 43.3 Å². The first-order chi connectivity index (χ1) is 10.6. The fourth-order valence-corrected chi connectivity index (χ4v) is 5.40. The number of aryl methyl sites for hydroxylation is 1. The molecule has 0 radical (unpaired) electrons. The van der Waals surface area contributed by atoms with Crippen LogP contribution in [-0.4, -0.2) is 32.4 Å². The average Bonchev–Trinajstić information content (AvgIpc) is 3.06. The number of sulfonamides is 1. The molecule has 22 heavy (non-hydrogen) atoms. The van der Waals surface area contributed by atoms with Crippen molar-refractivity contribution in [3.63, 3.8) is 0 Å². The molecule has 1 aromatic carbocycles. The van der Waals surface area contributed by atoms with Gasteiger partial charge in [0.05, 0.1) is 12.7 Å². The van der Waals surface area contributed by atoms with Crippen molar-refractivity contribution < 1.29 is 13.2 Å². The van der Waals surface area contributed by atoms with Gasteiger partial charge >= 0.3 is 0 Å². The Kier molecular flexibility index (Phi) is 4.63. The topological polar surface area (TPSA) is 46.6 Å². The molecule has 3 rings (SSSR count). The molecule has 118 valence electrons. The molecule has 6 heteroatoms. The lowest BCUT2D eigenvalue weighted by Gasteiger charge is -2.32. The molecule has 0 unspecified atom stereocenters. The van der Waals surface area contributed by atoms with Gasteiger partial charge in [0.25, 0.3) is 10.0 Å². The second-order valence-electron chi connectivity index (χ2n) is 5.21. The van der Waals surface area contributed by atoms with E-state index in [0.29, 0.717) is 23.9 Å². The Morgan fingerprint density at radius 3 is 2.68 bits per heavy atom. The number of hydrogen-bond acceptors (Lipinski definition) is 4. The minimum atomic E-state index is -3.42. The van der Waals surface area contributed by atoms with Gasteiger partial charge in [0.2, 0.25) is 0 Å². The second kappa shape index (κ2) is 6.50. The summed E-state index contributed by atoms with van der Waals surface area (Å²) in [7, 11) is -3.42. The summed E-state index contributed by atoms with van der Waals surface area (Å²) >= 11 is 1.36. The fourth-order valence-electron chi connectivity index (χ4n) is 2.53. The van der Waals surface area contributed by atoms with Gasteiger partial charge in [0.1, 0.15) is 4.21 Å². The van der Waals surface area contributed by atoms with Gasteiger partial charge in [0.15, 0.2) is 0 Å². The molecular weight excluding hydrogens is 318 g/mol. The predicted octanol–water partition coefficient (Wildman–Crippen LogP) is 3.07. The average molecular weight is 337 g/mol. The standard InChI is InChI=1S/C16H19NO3S2/c1-2-14-8-9-16(21-14)22(18,19)17-10-11-20-15(12-17)13-6-4-3-5-7-13/h3-9,15H,2,10-12H2,1H3/t15-/m0/s1. The number of benzene rings is 1. The van der Waals surface area contributed by atoms with Crippen molar-refractivity contribution in [2.75, 3.05) is 19.7 Å². The molecule has 1 aromatic heterocycles.